The van der Waals surface area contributed by atoms with Gasteiger partial charge in [0.25, 0.3) is 11.8 Å². The second-order valence-electron chi connectivity index (χ2n) is 7.51. The van der Waals surface area contributed by atoms with Crippen molar-refractivity contribution in [3.05, 3.63) is 97.8 Å². The average molecular weight is 604 g/mol. The number of carbonyl (C=O) groups excluding carboxylic acids is 2. The number of nitrogens with one attached hydrogen (secondary N) is 1. The summed E-state index contributed by atoms with van der Waals surface area (Å²) in [6, 6.07) is 19.9. The number of hydrazine groups is 1. The Morgan fingerprint density at radius 1 is 1.14 bits per heavy atom. The third kappa shape index (κ3) is 6.28. The summed E-state index contributed by atoms with van der Waals surface area (Å²) in [6.45, 7) is 2.70. The summed E-state index contributed by atoms with van der Waals surface area (Å²) in [6.07, 6.45) is 1.69. The molecule has 1 fully saturated rings. The van der Waals surface area contributed by atoms with E-state index in [0.29, 0.717) is 50.2 Å². The highest BCUT2D eigenvalue weighted by Gasteiger charge is 2.34. The van der Waals surface area contributed by atoms with Crippen molar-refractivity contribution in [2.24, 2.45) is 0 Å². The van der Waals surface area contributed by atoms with Crippen molar-refractivity contribution in [1.29, 1.82) is 0 Å². The van der Waals surface area contributed by atoms with Crippen LogP contribution in [0.2, 0.25) is 5.02 Å². The zero-order chi connectivity index (χ0) is 25.7. The van der Waals surface area contributed by atoms with Crippen LogP contribution in [-0.2, 0) is 11.4 Å². The van der Waals surface area contributed by atoms with Crippen molar-refractivity contribution in [3.63, 3.8) is 0 Å². The highest BCUT2D eigenvalue weighted by molar-refractivity contribution is 9.10. The summed E-state index contributed by atoms with van der Waals surface area (Å²) in [4.78, 5) is 26.0. The molecule has 4 rings (SSSR count). The van der Waals surface area contributed by atoms with Crippen LogP contribution in [0.1, 0.15) is 28.4 Å². The number of carbonyl (C=O) groups is 2. The molecule has 1 aliphatic rings. The molecule has 3 aromatic rings. The fraction of sp³-hybridized carbons (Fsp3) is 0.115. The van der Waals surface area contributed by atoms with E-state index in [-0.39, 0.29) is 4.32 Å². The zero-order valence-corrected chi connectivity index (χ0v) is 23.0. The number of thioether (sulfide) groups is 1. The van der Waals surface area contributed by atoms with Gasteiger partial charge in [-0.05, 0) is 82.6 Å². The van der Waals surface area contributed by atoms with Crippen molar-refractivity contribution in [3.8, 4) is 11.5 Å². The molecule has 0 aromatic heterocycles. The van der Waals surface area contributed by atoms with E-state index in [1.165, 1.54) is 6.07 Å². The van der Waals surface area contributed by atoms with E-state index in [1.54, 1.807) is 30.3 Å². The summed E-state index contributed by atoms with van der Waals surface area (Å²) in [5, 5.41) is 1.48. The topological polar surface area (TPSA) is 67.9 Å². The van der Waals surface area contributed by atoms with Gasteiger partial charge in [0.05, 0.1) is 16.0 Å². The maximum atomic E-state index is 13.0. The second kappa shape index (κ2) is 11.9. The third-order valence-corrected chi connectivity index (χ3v) is 7.08. The largest absolute Gasteiger partial charge is 0.490 e. The van der Waals surface area contributed by atoms with Crippen LogP contribution in [0, 0.1) is 0 Å². The van der Waals surface area contributed by atoms with Gasteiger partial charge < -0.3 is 9.47 Å². The SMILES string of the molecule is CCOc1cc(/C=C2\SC(=S)N(NC(=O)c3cccc(Cl)c3)C2=O)cc(Br)c1OCc1ccccc1. The van der Waals surface area contributed by atoms with Gasteiger partial charge >= 0.3 is 0 Å². The second-order valence-corrected chi connectivity index (χ2v) is 10.5. The fourth-order valence-corrected chi connectivity index (χ4v) is 5.26. The van der Waals surface area contributed by atoms with Gasteiger partial charge in [0, 0.05) is 10.6 Å². The number of hydrogen-bond donors (Lipinski definition) is 1. The molecular formula is C26H20BrClN2O4S2. The molecule has 3 aromatic carbocycles. The van der Waals surface area contributed by atoms with Crippen LogP contribution in [0.5, 0.6) is 11.5 Å². The van der Waals surface area contributed by atoms with Crippen molar-refractivity contribution in [2.75, 3.05) is 6.61 Å². The first kappa shape index (κ1) is 26.2. The maximum Gasteiger partial charge on any atom is 0.285 e. The van der Waals surface area contributed by atoms with Gasteiger partial charge in [-0.25, -0.2) is 0 Å². The number of thiocarbonyl (C=S) groups is 1. The Morgan fingerprint density at radius 3 is 2.64 bits per heavy atom. The van der Waals surface area contributed by atoms with Crippen molar-refractivity contribution in [1.82, 2.24) is 10.4 Å². The van der Waals surface area contributed by atoms with Gasteiger partial charge in [0.1, 0.15) is 6.61 Å². The van der Waals surface area contributed by atoms with Gasteiger partial charge in [-0.15, -0.1) is 0 Å². The molecule has 0 unspecified atom stereocenters. The fourth-order valence-electron chi connectivity index (χ4n) is 3.32. The average Bonchev–Trinajstić information content (AvgIpc) is 3.11. The standard InChI is InChI=1S/C26H20BrClN2O4S2/c1-2-33-21-12-17(11-20(27)23(21)34-15-16-7-4-3-5-8-16)13-22-25(32)30(26(35)36-22)29-24(31)18-9-6-10-19(28)14-18/h3-14H,2,15H2,1H3,(H,29,31)/b22-13-. The highest BCUT2D eigenvalue weighted by Crippen LogP contribution is 2.39. The van der Waals surface area contributed by atoms with Crippen LogP contribution >= 0.6 is 51.5 Å². The molecule has 2 amide bonds. The Balaban J connectivity index is 1.53. The molecule has 0 spiro atoms. The molecule has 1 saturated heterocycles. The van der Waals surface area contributed by atoms with Gasteiger partial charge in [-0.1, -0.05) is 59.8 Å². The van der Waals surface area contributed by atoms with Crippen LogP contribution in [0.25, 0.3) is 6.08 Å². The van der Waals surface area contributed by atoms with Crippen LogP contribution in [0.15, 0.2) is 76.1 Å². The maximum absolute atomic E-state index is 13.0. The molecule has 0 radical (unpaired) electrons. The normalized spacial score (nSPS) is 14.3. The Bertz CT molecular complexity index is 1350. The van der Waals surface area contributed by atoms with Crippen molar-refractivity contribution in [2.45, 2.75) is 13.5 Å². The van der Waals surface area contributed by atoms with Gasteiger partial charge in [-0.2, -0.15) is 5.01 Å². The molecule has 0 bridgehead atoms. The quantitative estimate of drug-likeness (QED) is 0.230. The van der Waals surface area contributed by atoms with E-state index in [2.05, 4.69) is 21.4 Å². The summed E-state index contributed by atoms with van der Waals surface area (Å²) >= 11 is 16.0. The number of halogens is 2. The summed E-state index contributed by atoms with van der Waals surface area (Å²) in [5.41, 5.74) is 4.60. The number of hydrogen-bond acceptors (Lipinski definition) is 6. The van der Waals surface area contributed by atoms with Gasteiger partial charge in [0.2, 0.25) is 0 Å². The molecule has 184 valence electrons. The lowest BCUT2D eigenvalue weighted by atomic mass is 10.1. The Kier molecular flexibility index (Phi) is 8.68. The van der Waals surface area contributed by atoms with E-state index < -0.39 is 11.8 Å². The molecule has 0 aliphatic carbocycles. The van der Waals surface area contributed by atoms with Gasteiger partial charge in [-0.3, -0.25) is 15.0 Å². The van der Waals surface area contributed by atoms with E-state index in [1.807, 2.05) is 43.3 Å². The first-order valence-corrected chi connectivity index (χ1v) is 13.2. The van der Waals surface area contributed by atoms with Crippen LogP contribution in [0.4, 0.5) is 0 Å². The molecule has 1 heterocycles. The van der Waals surface area contributed by atoms with Crippen LogP contribution in [0.3, 0.4) is 0 Å². The number of amides is 2. The molecular weight excluding hydrogens is 584 g/mol. The Hall–Kier alpha value is -2.85. The molecule has 0 atom stereocenters. The minimum Gasteiger partial charge on any atom is -0.490 e. The summed E-state index contributed by atoms with van der Waals surface area (Å²) in [5.74, 6) is 0.188. The van der Waals surface area contributed by atoms with Crippen molar-refractivity contribution >= 4 is 73.7 Å². The summed E-state index contributed by atoms with van der Waals surface area (Å²) < 4.78 is 12.7. The lowest BCUT2D eigenvalue weighted by molar-refractivity contribution is -0.123. The van der Waals surface area contributed by atoms with Gasteiger partial charge in [0.15, 0.2) is 15.8 Å². The third-order valence-electron chi connectivity index (χ3n) is 4.95. The summed E-state index contributed by atoms with van der Waals surface area (Å²) in [7, 11) is 0. The highest BCUT2D eigenvalue weighted by atomic mass is 79.9. The Morgan fingerprint density at radius 2 is 1.92 bits per heavy atom. The lowest BCUT2D eigenvalue weighted by Crippen LogP contribution is -2.44. The van der Waals surface area contributed by atoms with Crippen LogP contribution in [-0.4, -0.2) is 27.8 Å². The molecule has 10 heteroatoms. The number of rotatable bonds is 8. The molecule has 1 N–H and O–H groups in total. The van der Waals surface area contributed by atoms with E-state index in [4.69, 9.17) is 33.3 Å². The van der Waals surface area contributed by atoms with Crippen molar-refractivity contribution < 1.29 is 19.1 Å². The zero-order valence-electron chi connectivity index (χ0n) is 19.0. The monoisotopic (exact) mass is 602 g/mol. The molecule has 6 nitrogen and oxygen atoms in total. The van der Waals surface area contributed by atoms with E-state index in [0.717, 1.165) is 22.3 Å². The van der Waals surface area contributed by atoms with E-state index >= 15 is 0 Å². The predicted molar refractivity (Wildman–Crippen MR) is 150 cm³/mol. The van der Waals surface area contributed by atoms with E-state index in [9.17, 15) is 9.59 Å². The first-order chi connectivity index (χ1) is 17.4. The minimum atomic E-state index is -0.489. The number of nitrogens with zero attached hydrogens (tertiary/aromatic N) is 1. The Labute approximate surface area is 231 Å². The molecule has 1 aliphatic heterocycles. The predicted octanol–water partition coefficient (Wildman–Crippen LogP) is 6.63. The minimum absolute atomic E-state index is 0.216. The smallest absolute Gasteiger partial charge is 0.285 e. The molecule has 0 saturated carbocycles. The lowest BCUT2D eigenvalue weighted by Gasteiger charge is -2.16. The first-order valence-electron chi connectivity index (χ1n) is 10.8. The van der Waals surface area contributed by atoms with Crippen LogP contribution < -0.4 is 14.9 Å². The number of benzene rings is 3. The molecule has 36 heavy (non-hydrogen) atoms. The number of ether oxygens (including phenoxy) is 2.